The van der Waals surface area contributed by atoms with Crippen LogP contribution >= 0.6 is 22.9 Å². The maximum absolute atomic E-state index is 16.5. The van der Waals surface area contributed by atoms with Crippen molar-refractivity contribution in [2.24, 2.45) is 5.41 Å². The van der Waals surface area contributed by atoms with Gasteiger partial charge < -0.3 is 9.47 Å². The Hall–Kier alpha value is -3.42. The van der Waals surface area contributed by atoms with Gasteiger partial charge in [0.25, 0.3) is 0 Å². The maximum atomic E-state index is 16.5. The van der Waals surface area contributed by atoms with Crippen molar-refractivity contribution in [2.45, 2.75) is 77.2 Å². The molecule has 2 unspecified atom stereocenters. The summed E-state index contributed by atoms with van der Waals surface area (Å²) in [6, 6.07) is 14.5. The Labute approximate surface area is 289 Å². The molecule has 1 aliphatic heterocycles. The molecule has 0 bridgehead atoms. The van der Waals surface area contributed by atoms with Gasteiger partial charge in [0.05, 0.1) is 27.5 Å². The van der Waals surface area contributed by atoms with E-state index in [1.54, 1.807) is 61.0 Å². The molecule has 1 saturated heterocycles. The monoisotopic (exact) mass is 712 g/mol. The molecule has 0 saturated carbocycles. The molecule has 2 aromatic carbocycles. The Morgan fingerprint density at radius 1 is 1.17 bits per heavy atom. The van der Waals surface area contributed by atoms with E-state index in [9.17, 15) is 13.2 Å². The van der Waals surface area contributed by atoms with Gasteiger partial charge in [0.1, 0.15) is 17.4 Å². The van der Waals surface area contributed by atoms with Crippen molar-refractivity contribution in [3.05, 3.63) is 105 Å². The minimum Gasteiger partial charge on any atom is -0.460 e. The number of carbonyl (C=O) groups excluding carboxylic acids is 1. The van der Waals surface area contributed by atoms with Gasteiger partial charge in [-0.1, -0.05) is 84.4 Å². The number of sulfonamides is 1. The van der Waals surface area contributed by atoms with Gasteiger partial charge in [0.2, 0.25) is 10.0 Å². The molecule has 0 spiro atoms. The normalized spacial score (nSPS) is 21.6. The molecule has 13 heteroatoms. The van der Waals surface area contributed by atoms with Crippen molar-refractivity contribution >= 4 is 50.0 Å². The zero-order valence-corrected chi connectivity index (χ0v) is 29.6. The number of rotatable bonds is 10. The zero-order chi connectivity index (χ0) is 34.2. The average molecular weight is 713 g/mol. The number of aromatic nitrogens is 3. The lowest BCUT2D eigenvalue weighted by Gasteiger charge is -2.32. The molecule has 4 atom stereocenters. The number of hydrogen-bond donors (Lipinski definition) is 0. The summed E-state index contributed by atoms with van der Waals surface area (Å²) in [4.78, 5) is 14.5. The largest absolute Gasteiger partial charge is 0.460 e. The van der Waals surface area contributed by atoms with Crippen molar-refractivity contribution in [1.29, 1.82) is 0 Å². The standard InChI is InChI=1S/C35H38ClFN4O5S2/c1-5-24-20-40(48(43,44)29-15-11-10-14-27(29)46-24)19-23-18-28(47-33(23)36)30(25-16-17-26-32(31(25)37)38-39-41(26)6-2)35(3,4)34(42)45-21-22-12-8-7-9-13-22/h7-18,24,27,29-30H,5-6,19-21H2,1-4H3/t24-,27?,29?,30+/m1/s1. The first kappa shape index (κ1) is 34.4. The Balaban J connectivity index is 1.39. The fourth-order valence-corrected chi connectivity index (χ4v) is 9.78. The van der Waals surface area contributed by atoms with Crippen molar-refractivity contribution < 1.29 is 27.1 Å². The summed E-state index contributed by atoms with van der Waals surface area (Å²) in [5, 5.41) is 7.33. The number of esters is 1. The molecule has 1 aliphatic carbocycles. The first-order valence-corrected chi connectivity index (χ1v) is 18.7. The fourth-order valence-electron chi connectivity index (χ4n) is 6.37. The molecular formula is C35H38ClFN4O5S2. The van der Waals surface area contributed by atoms with E-state index in [1.165, 1.54) is 15.6 Å². The Morgan fingerprint density at radius 2 is 1.92 bits per heavy atom. The van der Waals surface area contributed by atoms with Crippen LogP contribution in [0.25, 0.3) is 11.0 Å². The van der Waals surface area contributed by atoms with Crippen LogP contribution < -0.4 is 0 Å². The Kier molecular flexibility index (Phi) is 9.93. The second-order valence-corrected chi connectivity index (χ2v) is 16.4. The summed E-state index contributed by atoms with van der Waals surface area (Å²) in [5.41, 5.74) is 0.970. The summed E-state index contributed by atoms with van der Waals surface area (Å²) in [6.45, 7) is 8.01. The minimum atomic E-state index is -3.82. The summed E-state index contributed by atoms with van der Waals surface area (Å²) >= 11 is 8.07. The molecular weight excluding hydrogens is 675 g/mol. The lowest BCUT2D eigenvalue weighted by atomic mass is 9.73. The number of allylic oxidation sites excluding steroid dienone is 2. The number of hydrogen-bond acceptors (Lipinski definition) is 8. The van der Waals surface area contributed by atoms with E-state index < -0.39 is 44.5 Å². The van der Waals surface area contributed by atoms with Gasteiger partial charge in [0, 0.05) is 30.4 Å². The molecule has 1 fully saturated rings. The van der Waals surface area contributed by atoms with Gasteiger partial charge in [-0.05, 0) is 56.0 Å². The van der Waals surface area contributed by atoms with Crippen LogP contribution in [0.4, 0.5) is 4.39 Å². The minimum absolute atomic E-state index is 0.00372. The summed E-state index contributed by atoms with van der Waals surface area (Å²) in [6.07, 6.45) is 6.67. The smallest absolute Gasteiger partial charge is 0.312 e. The number of fused-ring (bicyclic) bond motifs is 2. The van der Waals surface area contributed by atoms with Crippen molar-refractivity contribution in [1.82, 2.24) is 19.3 Å². The number of halogens is 2. The molecule has 2 aliphatic rings. The number of ether oxygens (including phenoxy) is 2. The van der Waals surface area contributed by atoms with E-state index in [2.05, 4.69) is 10.3 Å². The van der Waals surface area contributed by atoms with Crippen molar-refractivity contribution in [3.63, 3.8) is 0 Å². The van der Waals surface area contributed by atoms with Gasteiger partial charge in [-0.3, -0.25) is 4.79 Å². The van der Waals surface area contributed by atoms with E-state index in [1.807, 2.05) is 44.2 Å². The number of benzene rings is 2. The molecule has 0 amide bonds. The third-order valence-corrected chi connectivity index (χ3v) is 12.7. The van der Waals surface area contributed by atoms with Crippen LogP contribution in [0.1, 0.15) is 61.6 Å². The van der Waals surface area contributed by atoms with E-state index >= 15 is 4.39 Å². The van der Waals surface area contributed by atoms with Crippen LogP contribution in [-0.4, -0.2) is 57.7 Å². The third-order valence-electron chi connectivity index (χ3n) is 9.09. The number of nitrogens with zero attached hydrogens (tertiary/aromatic N) is 4. The lowest BCUT2D eigenvalue weighted by Crippen LogP contribution is -2.41. The van der Waals surface area contributed by atoms with E-state index in [-0.39, 0.29) is 36.9 Å². The highest BCUT2D eigenvalue weighted by Gasteiger charge is 2.45. The predicted octanol–water partition coefficient (Wildman–Crippen LogP) is 7.01. The highest BCUT2D eigenvalue weighted by Crippen LogP contribution is 2.48. The first-order chi connectivity index (χ1) is 22.9. The third kappa shape index (κ3) is 6.48. The second-order valence-electron chi connectivity index (χ2n) is 12.6. The summed E-state index contributed by atoms with van der Waals surface area (Å²) < 4.78 is 59.7. The number of carbonyl (C=O) groups is 1. The van der Waals surface area contributed by atoms with Gasteiger partial charge in [-0.25, -0.2) is 17.5 Å². The van der Waals surface area contributed by atoms with Gasteiger partial charge in [-0.2, -0.15) is 4.31 Å². The lowest BCUT2D eigenvalue weighted by molar-refractivity contribution is -0.156. The van der Waals surface area contributed by atoms with E-state index in [0.29, 0.717) is 33.3 Å². The second kappa shape index (κ2) is 13.8. The molecule has 0 N–H and O–H groups in total. The molecule has 9 nitrogen and oxygen atoms in total. The zero-order valence-electron chi connectivity index (χ0n) is 27.2. The quantitative estimate of drug-likeness (QED) is 0.163. The van der Waals surface area contributed by atoms with Gasteiger partial charge in [0.15, 0.2) is 5.82 Å². The van der Waals surface area contributed by atoms with Crippen LogP contribution in [0, 0.1) is 11.2 Å². The molecule has 2 aromatic heterocycles. The topological polar surface area (TPSA) is 104 Å². The van der Waals surface area contributed by atoms with Crippen molar-refractivity contribution in [2.75, 3.05) is 6.54 Å². The van der Waals surface area contributed by atoms with Crippen LogP contribution in [0.5, 0.6) is 0 Å². The predicted molar refractivity (Wildman–Crippen MR) is 185 cm³/mol. The fraction of sp³-hybridized carbons (Fsp3) is 0.400. The highest BCUT2D eigenvalue weighted by molar-refractivity contribution is 7.90. The summed E-state index contributed by atoms with van der Waals surface area (Å²) in [7, 11) is -3.82. The molecule has 0 radical (unpaired) electrons. The van der Waals surface area contributed by atoms with Crippen LogP contribution in [0.15, 0.2) is 72.8 Å². The van der Waals surface area contributed by atoms with Gasteiger partial charge in [-0.15, -0.1) is 16.4 Å². The molecule has 3 heterocycles. The van der Waals surface area contributed by atoms with Gasteiger partial charge >= 0.3 is 5.97 Å². The average Bonchev–Trinajstić information content (AvgIpc) is 3.64. The molecule has 6 rings (SSSR count). The SMILES string of the molecule is CC[C@@H]1CN(Cc2cc([C@H](c3ccc4c(nnn4CC)c3F)C(C)(C)C(=O)OCc3ccccc3)sc2Cl)S(=O)(=O)C2C=CC=CC2O1. The van der Waals surface area contributed by atoms with Crippen LogP contribution in [-0.2, 0) is 44.0 Å². The molecule has 4 aromatic rings. The maximum Gasteiger partial charge on any atom is 0.312 e. The number of thiophene rings is 1. The number of aryl methyl sites for hydroxylation is 1. The van der Waals surface area contributed by atoms with Crippen LogP contribution in [0.3, 0.4) is 0 Å². The molecule has 48 heavy (non-hydrogen) atoms. The van der Waals surface area contributed by atoms with E-state index in [0.717, 1.165) is 5.56 Å². The first-order valence-electron chi connectivity index (χ1n) is 16.0. The summed E-state index contributed by atoms with van der Waals surface area (Å²) in [5.74, 6) is -1.97. The highest BCUT2D eigenvalue weighted by atomic mass is 35.5. The van der Waals surface area contributed by atoms with E-state index in [4.69, 9.17) is 21.1 Å². The molecule has 254 valence electrons. The van der Waals surface area contributed by atoms with Crippen molar-refractivity contribution in [3.8, 4) is 0 Å². The Morgan fingerprint density at radius 3 is 2.65 bits per heavy atom. The van der Waals surface area contributed by atoms with Crippen LogP contribution in [0.2, 0.25) is 4.34 Å². The Bertz CT molecular complexity index is 1970.